The summed E-state index contributed by atoms with van der Waals surface area (Å²) in [5.41, 5.74) is 1.24. The van der Waals surface area contributed by atoms with Crippen molar-refractivity contribution < 1.29 is 0 Å². The number of nitrogens with zero attached hydrogens (tertiary/aromatic N) is 2. The van der Waals surface area contributed by atoms with Crippen LogP contribution in [0.25, 0.3) is 11.4 Å². The summed E-state index contributed by atoms with van der Waals surface area (Å²) in [4.78, 5) is 4.43. The van der Waals surface area contributed by atoms with Gasteiger partial charge >= 0.3 is 0 Å². The van der Waals surface area contributed by atoms with E-state index >= 15 is 0 Å². The van der Waals surface area contributed by atoms with E-state index in [0.29, 0.717) is 0 Å². The minimum Gasteiger partial charge on any atom is -0.332 e. The summed E-state index contributed by atoms with van der Waals surface area (Å²) >= 11 is 0. The lowest BCUT2D eigenvalue weighted by molar-refractivity contribution is 0.337. The van der Waals surface area contributed by atoms with Crippen LogP contribution in [0.1, 0.15) is 12.8 Å². The van der Waals surface area contributed by atoms with Crippen molar-refractivity contribution in [1.29, 1.82) is 0 Å². The highest BCUT2D eigenvalue weighted by Crippen LogP contribution is 2.21. The molecule has 3 heteroatoms. The highest BCUT2D eigenvalue weighted by atomic mass is 15.0. The molecule has 0 aromatic heterocycles. The van der Waals surface area contributed by atoms with Crippen molar-refractivity contribution in [3.8, 4) is 11.4 Å². The molecule has 0 aromatic rings. The lowest BCUT2D eigenvalue weighted by atomic mass is 9.99. The van der Waals surface area contributed by atoms with Crippen molar-refractivity contribution in [2.45, 2.75) is 19.4 Å². The van der Waals surface area contributed by atoms with Gasteiger partial charge in [-0.1, -0.05) is 0 Å². The van der Waals surface area contributed by atoms with Crippen LogP contribution in [0.2, 0.25) is 0 Å². The van der Waals surface area contributed by atoms with Gasteiger partial charge in [-0.2, -0.15) is 0 Å². The summed E-state index contributed by atoms with van der Waals surface area (Å²) in [5, 5.41) is 3.46. The fourth-order valence-corrected chi connectivity index (χ4v) is 2.53. The molecule has 1 fully saturated rings. The molecule has 1 N–H and O–H groups in total. The molecule has 1 unspecified atom stereocenters. The van der Waals surface area contributed by atoms with Gasteiger partial charge in [0, 0.05) is 24.5 Å². The van der Waals surface area contributed by atoms with Crippen molar-refractivity contribution >= 4 is 0 Å². The summed E-state index contributed by atoms with van der Waals surface area (Å²) < 4.78 is 2.28. The number of piperidine rings is 1. The van der Waals surface area contributed by atoms with Crippen LogP contribution < -0.4 is 5.32 Å². The first kappa shape index (κ1) is 9.85. The molecule has 3 heterocycles. The zero-order valence-electron chi connectivity index (χ0n) is 9.39. The Morgan fingerprint density at radius 1 is 1.44 bits per heavy atom. The van der Waals surface area contributed by atoms with Crippen LogP contribution in [0.5, 0.6) is 0 Å². The minimum atomic E-state index is 0.751. The fraction of sp³-hybridized carbons (Fsp3) is 0.462. The van der Waals surface area contributed by atoms with E-state index in [2.05, 4.69) is 39.3 Å². The third-order valence-electron chi connectivity index (χ3n) is 3.38. The molecule has 0 amide bonds. The maximum absolute atomic E-state index is 4.43. The van der Waals surface area contributed by atoms with Crippen LogP contribution in [0, 0.1) is 5.92 Å². The number of nitrogens with one attached hydrogen (secondary N) is 1. The van der Waals surface area contributed by atoms with Gasteiger partial charge in [0.1, 0.15) is 5.82 Å². The van der Waals surface area contributed by atoms with Crippen LogP contribution in [-0.4, -0.2) is 22.6 Å². The van der Waals surface area contributed by atoms with Crippen LogP contribution >= 0.6 is 0 Å². The van der Waals surface area contributed by atoms with E-state index in [-0.39, 0.29) is 0 Å². The Bertz CT molecular complexity index is 429. The largest absolute Gasteiger partial charge is 0.332 e. The summed E-state index contributed by atoms with van der Waals surface area (Å²) in [6.07, 6.45) is 6.66. The molecule has 0 saturated carbocycles. The van der Waals surface area contributed by atoms with Gasteiger partial charge in [-0.3, -0.25) is 0 Å². The lowest BCUT2D eigenvalue weighted by Gasteiger charge is -2.24. The molecule has 3 nitrogen and oxygen atoms in total. The van der Waals surface area contributed by atoms with Gasteiger partial charge in [-0.15, -0.1) is 0 Å². The predicted octanol–water partition coefficient (Wildman–Crippen LogP) is 1.99. The maximum Gasteiger partial charge on any atom is 0.139 e. The Morgan fingerprint density at radius 3 is 3.31 bits per heavy atom. The molecule has 3 aliphatic heterocycles. The lowest BCUT2D eigenvalue weighted by Crippen LogP contribution is -2.32. The Balaban J connectivity index is 1.81. The summed E-state index contributed by atoms with van der Waals surface area (Å²) in [6, 6.07) is 6.31. The Labute approximate surface area is 95.8 Å². The van der Waals surface area contributed by atoms with Crippen LogP contribution in [0.15, 0.2) is 30.6 Å². The normalized spacial score (nSPS) is 21.4. The quantitative estimate of drug-likeness (QED) is 0.830. The summed E-state index contributed by atoms with van der Waals surface area (Å²) in [6.45, 7) is 3.41. The highest BCUT2D eigenvalue weighted by molar-refractivity contribution is 5.56. The van der Waals surface area contributed by atoms with E-state index in [9.17, 15) is 0 Å². The van der Waals surface area contributed by atoms with Gasteiger partial charge in [0.25, 0.3) is 0 Å². The number of aromatic nitrogens is 2. The fourth-order valence-electron chi connectivity index (χ4n) is 2.53. The first-order chi connectivity index (χ1) is 7.93. The van der Waals surface area contributed by atoms with Gasteiger partial charge in [0.2, 0.25) is 0 Å². The Morgan fingerprint density at radius 2 is 2.44 bits per heavy atom. The van der Waals surface area contributed by atoms with E-state index < -0.39 is 0 Å². The van der Waals surface area contributed by atoms with Crippen molar-refractivity contribution in [2.24, 2.45) is 5.92 Å². The molecule has 0 radical (unpaired) electrons. The number of fused-ring (bicyclic) bond motifs is 1. The summed E-state index contributed by atoms with van der Waals surface area (Å²) in [7, 11) is 0. The molecule has 84 valence electrons. The first-order valence-electron chi connectivity index (χ1n) is 6.04. The molecule has 0 bridgehead atoms. The topological polar surface area (TPSA) is 29.9 Å². The zero-order chi connectivity index (χ0) is 10.8. The van der Waals surface area contributed by atoms with Crippen molar-refractivity contribution in [2.75, 3.05) is 13.1 Å². The van der Waals surface area contributed by atoms with Gasteiger partial charge in [0.05, 0.1) is 0 Å². The highest BCUT2D eigenvalue weighted by Gasteiger charge is 2.15. The molecule has 1 atom stereocenters. The standard InChI is InChI=1S/C13H17N3/c1-3-11(9-14-6-1)10-16-8-2-4-12-5-7-15-13(12)16/h2,4-5,7-8,11,14H,1,3,6,9-10H2. The number of pyridine rings is 1. The number of hydrogen-bond acceptors (Lipinski definition) is 2. The maximum atomic E-state index is 4.43. The minimum absolute atomic E-state index is 0.751. The number of hydrogen-bond donors (Lipinski definition) is 1. The third kappa shape index (κ3) is 1.83. The predicted molar refractivity (Wildman–Crippen MR) is 64.4 cm³/mol. The first-order valence-corrected chi connectivity index (χ1v) is 6.04. The molecule has 0 spiro atoms. The van der Waals surface area contributed by atoms with E-state index in [1.807, 2.05) is 6.20 Å². The molecule has 1 saturated heterocycles. The van der Waals surface area contributed by atoms with Gasteiger partial charge in [-0.05, 0) is 50.0 Å². The van der Waals surface area contributed by atoms with E-state index in [4.69, 9.17) is 0 Å². The van der Waals surface area contributed by atoms with Crippen molar-refractivity contribution in [3.63, 3.8) is 0 Å². The molecule has 3 aliphatic rings. The third-order valence-corrected chi connectivity index (χ3v) is 3.38. The number of rotatable bonds is 2. The SMILES string of the molecule is c1cc2ccnc-2n(CC2CCCNC2)c1. The molecule has 3 rings (SSSR count). The van der Waals surface area contributed by atoms with Gasteiger partial charge in [0.15, 0.2) is 0 Å². The average molecular weight is 215 g/mol. The molecular weight excluding hydrogens is 198 g/mol. The second-order valence-electron chi connectivity index (χ2n) is 4.60. The smallest absolute Gasteiger partial charge is 0.139 e. The summed E-state index contributed by atoms with van der Waals surface area (Å²) in [5.74, 6) is 1.87. The van der Waals surface area contributed by atoms with Gasteiger partial charge < -0.3 is 9.88 Å². The second kappa shape index (κ2) is 4.26. The second-order valence-corrected chi connectivity index (χ2v) is 4.60. The molecule has 0 aromatic carbocycles. The Hall–Kier alpha value is -1.35. The monoisotopic (exact) mass is 215 g/mol. The van der Waals surface area contributed by atoms with Crippen LogP contribution in [-0.2, 0) is 6.54 Å². The van der Waals surface area contributed by atoms with Gasteiger partial charge in [-0.25, -0.2) is 4.98 Å². The van der Waals surface area contributed by atoms with Crippen LogP contribution in [0.3, 0.4) is 0 Å². The zero-order valence-corrected chi connectivity index (χ0v) is 9.39. The van der Waals surface area contributed by atoms with E-state index in [1.165, 1.54) is 24.9 Å². The van der Waals surface area contributed by atoms with Crippen molar-refractivity contribution in [3.05, 3.63) is 30.6 Å². The molecular formula is C13H17N3. The van der Waals surface area contributed by atoms with Crippen LogP contribution in [0.4, 0.5) is 0 Å². The van der Waals surface area contributed by atoms with Crippen molar-refractivity contribution in [1.82, 2.24) is 14.9 Å². The van der Waals surface area contributed by atoms with E-state index in [1.54, 1.807) is 0 Å². The van der Waals surface area contributed by atoms with E-state index in [0.717, 1.165) is 24.8 Å². The molecule has 16 heavy (non-hydrogen) atoms. The molecule has 0 aliphatic carbocycles. The average Bonchev–Trinajstić information content (AvgIpc) is 2.80. The Kier molecular flexibility index (Phi) is 2.62.